The monoisotopic (exact) mass is 1820 g/mol. The van der Waals surface area contributed by atoms with E-state index in [1.54, 1.807) is 21.3 Å². The number of rotatable bonds is 31. The first-order valence-electron chi connectivity index (χ1n) is 47.4. The summed E-state index contributed by atoms with van der Waals surface area (Å²) in [5.41, 5.74) is 3.30. The molecule has 5 heterocycles. The zero-order valence-electron chi connectivity index (χ0n) is 80.7. The van der Waals surface area contributed by atoms with Crippen LogP contribution in [0.4, 0.5) is 0 Å². The topological polar surface area (TPSA) is 231 Å². The van der Waals surface area contributed by atoms with Crippen LogP contribution in [-0.2, 0) is 85.9 Å². The van der Waals surface area contributed by atoms with Gasteiger partial charge in [0.15, 0.2) is 57.9 Å². The number of benzene rings is 3. The average Bonchev–Trinajstić information content (AvgIpc) is 0.751. The summed E-state index contributed by atoms with van der Waals surface area (Å²) in [7, 11) is -3.78. The molecule has 6 bridgehead atoms. The van der Waals surface area contributed by atoms with Gasteiger partial charge in [-0.25, -0.2) is 0 Å². The van der Waals surface area contributed by atoms with E-state index in [4.69, 9.17) is 74.5 Å². The summed E-state index contributed by atoms with van der Waals surface area (Å²) in [6, 6.07) is 30.8. The van der Waals surface area contributed by atoms with Crippen LogP contribution in [0.2, 0.25) is 70.5 Å². The Balaban J connectivity index is 1.29. The Hall–Kier alpha value is -5.80. The van der Waals surface area contributed by atoms with Gasteiger partial charge in [-0.2, -0.15) is 0 Å². The highest BCUT2D eigenvalue weighted by Crippen LogP contribution is 2.49. The predicted octanol–water partition coefficient (Wildman–Crippen LogP) is 22.1. The van der Waals surface area contributed by atoms with Crippen LogP contribution in [-0.4, -0.2) is 182 Å². The Morgan fingerprint density at radius 1 is 0.500 bits per heavy atom. The van der Waals surface area contributed by atoms with Crippen molar-refractivity contribution in [2.45, 2.75) is 377 Å². The van der Waals surface area contributed by atoms with Crippen molar-refractivity contribution in [1.82, 2.24) is 5.32 Å². The van der Waals surface area contributed by atoms with Crippen LogP contribution >= 0.6 is 0 Å². The second kappa shape index (κ2) is 50.7. The number of aliphatic hydroxyl groups excluding tert-OH is 1. The molecule has 2 N–H and O–H groups in total. The number of fused-ring (bicyclic) bond motifs is 6. The summed E-state index contributed by atoms with van der Waals surface area (Å²) >= 11 is 0. The highest BCUT2D eigenvalue weighted by atomic mass is 28.4. The number of nitrogens with one attached hydrogen (secondary N) is 1. The molecule has 0 aliphatic carbocycles. The number of cyclic esters (lactones) is 1. The lowest BCUT2D eigenvalue weighted by atomic mass is 9.82. The summed E-state index contributed by atoms with van der Waals surface area (Å²) in [6.07, 6.45) is 17.4. The van der Waals surface area contributed by atoms with Gasteiger partial charge in [-0.3, -0.25) is 14.4 Å². The molecule has 5 aliphatic heterocycles. The van der Waals surface area contributed by atoms with E-state index in [-0.39, 0.29) is 78.5 Å². The molecule has 5 aliphatic rings. The Labute approximate surface area is 761 Å². The minimum Gasteiger partial charge on any atom is -0.497 e. The number of ether oxygens (including phenoxy) is 12. The van der Waals surface area contributed by atoms with Crippen molar-refractivity contribution in [3.8, 4) is 11.5 Å². The van der Waals surface area contributed by atoms with E-state index in [1.165, 1.54) is 7.11 Å². The maximum absolute atomic E-state index is 15.3. The lowest BCUT2D eigenvalue weighted by Crippen LogP contribution is -2.67. The van der Waals surface area contributed by atoms with Gasteiger partial charge in [0.2, 0.25) is 5.91 Å². The fourth-order valence-corrected chi connectivity index (χ4v) is 34.1. The zero-order chi connectivity index (χ0) is 92.1. The molecule has 4 fully saturated rings. The number of hydrogen-bond donors (Lipinski definition) is 2. The fourth-order valence-electron chi connectivity index (χ4n) is 19.6. The van der Waals surface area contributed by atoms with Gasteiger partial charge in [0.05, 0.1) is 107 Å². The molecular formula is C101H159NO20Si4. The Morgan fingerprint density at radius 3 is 1.46 bits per heavy atom. The number of carbonyl (C=O) groups excluding carboxylic acids is 3. The second-order valence-electron chi connectivity index (χ2n) is 36.8. The van der Waals surface area contributed by atoms with Crippen molar-refractivity contribution in [2.24, 2.45) is 17.8 Å². The maximum Gasteiger partial charge on any atom is 0.313 e. The number of hydrogen-bond acceptors (Lipinski definition) is 20. The van der Waals surface area contributed by atoms with E-state index in [0.717, 1.165) is 65.0 Å². The molecule has 126 heavy (non-hydrogen) atoms. The van der Waals surface area contributed by atoms with E-state index in [9.17, 15) is 14.7 Å². The number of amides is 1. The molecule has 25 heteroatoms. The largest absolute Gasteiger partial charge is 0.497 e. The number of carbonyl (C=O) groups is 3. The summed E-state index contributed by atoms with van der Waals surface area (Å²) in [5, 5.41) is 16.4. The molecule has 3 aromatic rings. The molecule has 2 unspecified atom stereocenters. The van der Waals surface area contributed by atoms with E-state index in [2.05, 4.69) is 142 Å². The maximum atomic E-state index is 15.3. The summed E-state index contributed by atoms with van der Waals surface area (Å²) < 4.78 is 112. The lowest BCUT2D eigenvalue weighted by Gasteiger charge is -2.52. The zero-order valence-corrected chi connectivity index (χ0v) is 84.7. The first-order chi connectivity index (χ1) is 60.3. The molecule has 0 radical (unpaired) electrons. The van der Waals surface area contributed by atoms with Crippen LogP contribution < -0.4 is 14.8 Å². The third-order valence-electron chi connectivity index (χ3n) is 28.4. The van der Waals surface area contributed by atoms with Gasteiger partial charge < -0.3 is 85.0 Å². The van der Waals surface area contributed by atoms with Crippen molar-refractivity contribution in [2.75, 3.05) is 28.4 Å². The number of aliphatic hydroxyl groups is 1. The van der Waals surface area contributed by atoms with Crippen LogP contribution in [0.3, 0.4) is 0 Å². The van der Waals surface area contributed by atoms with E-state index < -0.39 is 149 Å². The first-order valence-corrected chi connectivity index (χ1v) is 57.0. The van der Waals surface area contributed by atoms with Crippen LogP contribution in [0.15, 0.2) is 164 Å². The normalized spacial score (nSPS) is 31.8. The molecule has 21 atom stereocenters. The molecule has 4 saturated heterocycles. The van der Waals surface area contributed by atoms with Gasteiger partial charge in [0.1, 0.15) is 29.6 Å². The second-order valence-corrected chi connectivity index (χ2v) is 56.5. The third-order valence-corrected chi connectivity index (χ3v) is 49.4. The summed E-state index contributed by atoms with van der Waals surface area (Å²) in [5.74, 6) is -2.56. The van der Waals surface area contributed by atoms with Crippen LogP contribution in [0.1, 0.15) is 219 Å². The standard InChI is InChI=1S/C101H159NO20Si4/c1-25-123(26-2,69(9)10)119-86-61-60-83-63-84(115-98(113-83)78-52-56-80(107-21)57-53-78)66-91(104)111-75(19)74(18)95(121-125(29-5,30-6)71(13)14)73(17)48-44-41-39-37-35-33-34-36-38-40-42-47-51-82(114-100-94(105)93(102-90(103)62-77-49-45-43-46-50-77)96(76(20)112-100)122-126(31-7,32-8)72(15)16)64-88-92(97(106)109-23)89(120-124(27-3,28-4)70(11)12)68-101(110-24,118-88)67-85-65-87(86)117-99(116-85)79-54-58-81(108-22)59-55-79/h33-59,69-76,82-89,92-96,98-100,105H,25-32,60-68H2,1-24H3,(H,102,103)/b34-33+,37-35+,38-36+,41-39+,42-40+,48-44+,51-47+/t73-,74-,75-,76+,82-,83+,84+,85-,86+,87+,88-,89-,92-,93+,94-,95+,96+,98?,99?,100-,101+/m0/s1. The van der Waals surface area contributed by atoms with E-state index in [1.807, 2.05) is 166 Å². The van der Waals surface area contributed by atoms with Crippen molar-refractivity contribution in [1.29, 1.82) is 0 Å². The van der Waals surface area contributed by atoms with Crippen molar-refractivity contribution < 1.29 is 94.0 Å². The highest BCUT2D eigenvalue weighted by Gasteiger charge is 2.58. The molecule has 704 valence electrons. The Bertz CT molecular complexity index is 3950. The fraction of sp³-hybridized carbons (Fsp3) is 0.653. The molecule has 3 aromatic carbocycles. The number of allylic oxidation sites excluding steroid dienone is 12. The smallest absolute Gasteiger partial charge is 0.313 e. The van der Waals surface area contributed by atoms with E-state index >= 15 is 4.79 Å². The summed E-state index contributed by atoms with van der Waals surface area (Å²) in [6.45, 7) is 43.9. The van der Waals surface area contributed by atoms with Gasteiger partial charge in [0.25, 0.3) is 0 Å². The Kier molecular flexibility index (Phi) is 42.5. The average molecular weight is 1820 g/mol. The minimum atomic E-state index is -2.72. The third kappa shape index (κ3) is 28.1. The van der Waals surface area contributed by atoms with Crippen molar-refractivity contribution in [3.05, 3.63) is 181 Å². The highest BCUT2D eigenvalue weighted by molar-refractivity contribution is 6.76. The molecule has 1 amide bonds. The van der Waals surface area contributed by atoms with Gasteiger partial charge >= 0.3 is 11.9 Å². The van der Waals surface area contributed by atoms with Crippen LogP contribution in [0.5, 0.6) is 11.5 Å². The molecule has 0 saturated carbocycles. The van der Waals surface area contributed by atoms with Gasteiger partial charge in [-0.15, -0.1) is 0 Å². The molecule has 8 rings (SSSR count). The summed E-state index contributed by atoms with van der Waals surface area (Å²) in [4.78, 5) is 44.7. The quantitative estimate of drug-likeness (QED) is 0.0450. The lowest BCUT2D eigenvalue weighted by molar-refractivity contribution is -0.332. The van der Waals surface area contributed by atoms with Gasteiger partial charge in [0, 0.05) is 56.3 Å². The minimum absolute atomic E-state index is 0.00253. The first kappa shape index (κ1) is 106. The van der Waals surface area contributed by atoms with E-state index in [0.29, 0.717) is 42.7 Å². The van der Waals surface area contributed by atoms with Crippen LogP contribution in [0, 0.1) is 17.8 Å². The van der Waals surface area contributed by atoms with Gasteiger partial charge in [-0.05, 0) is 133 Å². The predicted molar refractivity (Wildman–Crippen MR) is 510 cm³/mol. The Morgan fingerprint density at radius 2 is 0.968 bits per heavy atom. The SMILES string of the molecule is CC[Si](CC)(O[C@H]1[C@@H](C)[C@H](C)OC(=O)C[C@H]2C[C@@H](CC[C@@H](O[Si](CC)(CC)C(C)C)[C@H]3C[C@@H](C[C@]4(OC)C[C@H](O[Si](CC)(CC)C(C)C)[C@@H](C(=O)OC)[C@H](C[C@@H](O[C@@H]5O[C@H](C)[C@@H](O[Si](CC)(CC)C(C)C)[C@H](NC(=O)Cc6ccccc6)[C@@H]5O)/C=C/C=C/C=C/C=C/C=C/C=C/C=C/[C@@H]1C)O4)OC(c1ccc(OC)cc1)O3)OC(c1ccc(OC)cc1)O2)C(C)C. The number of esters is 2. The molecule has 0 spiro atoms. The molecule has 0 aromatic heterocycles. The molecule has 21 nitrogen and oxygen atoms in total. The van der Waals surface area contributed by atoms with Crippen LogP contribution in [0.25, 0.3) is 0 Å². The molecular weight excluding hydrogens is 1660 g/mol. The van der Waals surface area contributed by atoms with Crippen molar-refractivity contribution in [3.63, 3.8) is 0 Å². The number of methoxy groups -OCH3 is 4. The van der Waals surface area contributed by atoms with Crippen molar-refractivity contribution >= 4 is 51.1 Å². The van der Waals surface area contributed by atoms with Gasteiger partial charge in [-0.1, -0.05) is 264 Å².